The molecule has 0 radical (unpaired) electrons. The Kier molecular flexibility index (Phi) is 5.02. The Hall–Kier alpha value is -2.02. The molecule has 3 N–H and O–H groups in total. The molecule has 1 rings (SSSR count). The van der Waals surface area contributed by atoms with E-state index >= 15 is 0 Å². The van der Waals surface area contributed by atoms with Crippen molar-refractivity contribution in [3.8, 4) is 12.3 Å². The average molecular weight is 234 g/mol. The third kappa shape index (κ3) is 3.80. The molecule has 0 heterocycles. The van der Waals surface area contributed by atoms with Crippen molar-refractivity contribution in [1.29, 1.82) is 0 Å². The number of hydrogen-bond donors (Lipinski definition) is 2. The van der Waals surface area contributed by atoms with Gasteiger partial charge in [-0.3, -0.25) is 4.79 Å². The molecule has 0 unspecified atom stereocenters. The number of carbonyl (C=O) groups excluding carboxylic acids is 1. The Morgan fingerprint density at radius 3 is 2.94 bits per heavy atom. The maximum atomic E-state index is 13.1. The number of terminal acetylenes is 1. The molecule has 1 amide bonds. The lowest BCUT2D eigenvalue weighted by molar-refractivity contribution is 0.0953. The van der Waals surface area contributed by atoms with Gasteiger partial charge in [-0.1, -0.05) is 6.07 Å². The first-order valence-electron chi connectivity index (χ1n) is 5.42. The molecule has 4 heteroatoms. The maximum absolute atomic E-state index is 13.1. The summed E-state index contributed by atoms with van der Waals surface area (Å²) in [6, 6.07) is 4.17. The van der Waals surface area contributed by atoms with E-state index in [9.17, 15) is 9.18 Å². The van der Waals surface area contributed by atoms with Crippen molar-refractivity contribution < 1.29 is 9.18 Å². The first-order chi connectivity index (χ1) is 8.16. The van der Waals surface area contributed by atoms with Gasteiger partial charge in [0.2, 0.25) is 0 Å². The van der Waals surface area contributed by atoms with Crippen molar-refractivity contribution in [2.45, 2.75) is 19.3 Å². The zero-order chi connectivity index (χ0) is 12.7. The summed E-state index contributed by atoms with van der Waals surface area (Å²) in [4.78, 5) is 11.7. The van der Waals surface area contributed by atoms with Crippen molar-refractivity contribution in [3.63, 3.8) is 0 Å². The van der Waals surface area contributed by atoms with E-state index in [4.69, 9.17) is 12.2 Å². The summed E-state index contributed by atoms with van der Waals surface area (Å²) in [5.74, 6) is 1.58. The van der Waals surface area contributed by atoms with Crippen LogP contribution in [0.3, 0.4) is 0 Å². The minimum atomic E-state index is -0.579. The zero-order valence-electron chi connectivity index (χ0n) is 9.50. The Bertz CT molecular complexity index is 438. The third-order valence-corrected chi connectivity index (χ3v) is 2.33. The van der Waals surface area contributed by atoms with E-state index in [1.54, 1.807) is 0 Å². The predicted octanol–water partition coefficient (Wildman–Crippen LogP) is 1.94. The molecule has 1 aromatic carbocycles. The Morgan fingerprint density at radius 1 is 1.47 bits per heavy atom. The van der Waals surface area contributed by atoms with Gasteiger partial charge in [0.15, 0.2) is 0 Å². The van der Waals surface area contributed by atoms with Crippen molar-refractivity contribution in [1.82, 2.24) is 5.32 Å². The second-order valence-corrected chi connectivity index (χ2v) is 3.62. The molecule has 0 aliphatic rings. The van der Waals surface area contributed by atoms with Gasteiger partial charge in [0.1, 0.15) is 5.82 Å². The Morgan fingerprint density at radius 2 is 2.24 bits per heavy atom. The molecule has 0 spiro atoms. The van der Waals surface area contributed by atoms with Crippen LogP contribution in [0, 0.1) is 18.2 Å². The highest BCUT2D eigenvalue weighted by Gasteiger charge is 2.11. The van der Waals surface area contributed by atoms with E-state index in [2.05, 4.69) is 11.2 Å². The molecule has 1 aromatic rings. The molecule has 0 saturated carbocycles. The molecule has 90 valence electrons. The molecular weight excluding hydrogens is 219 g/mol. The number of anilines is 1. The van der Waals surface area contributed by atoms with Crippen LogP contribution in [-0.2, 0) is 0 Å². The first kappa shape index (κ1) is 13.0. The summed E-state index contributed by atoms with van der Waals surface area (Å²) in [7, 11) is 0. The first-order valence-corrected chi connectivity index (χ1v) is 5.42. The smallest absolute Gasteiger partial charge is 0.253 e. The number of amides is 1. The number of hydrogen-bond acceptors (Lipinski definition) is 2. The fourth-order valence-electron chi connectivity index (χ4n) is 1.38. The number of benzene rings is 1. The minimum absolute atomic E-state index is 0.117. The van der Waals surface area contributed by atoms with Gasteiger partial charge in [0.25, 0.3) is 5.91 Å². The van der Waals surface area contributed by atoms with Gasteiger partial charge in [0, 0.05) is 13.0 Å². The highest BCUT2D eigenvalue weighted by Crippen LogP contribution is 2.15. The van der Waals surface area contributed by atoms with Crippen LogP contribution in [0.2, 0.25) is 0 Å². The molecule has 0 saturated heterocycles. The lowest BCUT2D eigenvalue weighted by atomic mass is 10.1. The zero-order valence-corrected chi connectivity index (χ0v) is 9.50. The fraction of sp³-hybridized carbons (Fsp3) is 0.308. The predicted molar refractivity (Wildman–Crippen MR) is 65.8 cm³/mol. The number of carbonyl (C=O) groups is 1. The average Bonchev–Trinajstić information content (AvgIpc) is 2.32. The van der Waals surface area contributed by atoms with Gasteiger partial charge in [-0.05, 0) is 25.0 Å². The van der Waals surface area contributed by atoms with Gasteiger partial charge >= 0.3 is 0 Å². The molecular formula is C13H15FN2O. The van der Waals surface area contributed by atoms with E-state index in [0.717, 1.165) is 12.8 Å². The molecule has 17 heavy (non-hydrogen) atoms. The number of unbranched alkanes of at least 4 members (excludes halogenated alkanes) is 2. The lowest BCUT2D eigenvalue weighted by Crippen LogP contribution is -2.25. The van der Waals surface area contributed by atoms with Gasteiger partial charge in [0.05, 0.1) is 11.3 Å². The third-order valence-electron chi connectivity index (χ3n) is 2.33. The standard InChI is InChI=1S/C13H15FN2O/c1-2-3-4-5-9-16-13(17)10-7-6-8-11(14)12(10)15/h1,6-8H,3-5,9,15H2,(H,16,17). The number of rotatable bonds is 5. The Labute approximate surface area is 100 Å². The fourth-order valence-corrected chi connectivity index (χ4v) is 1.38. The summed E-state index contributed by atoms with van der Waals surface area (Å²) in [6.45, 7) is 0.510. The van der Waals surface area contributed by atoms with Gasteiger partial charge in [-0.15, -0.1) is 12.3 Å². The molecule has 0 bridgehead atoms. The summed E-state index contributed by atoms with van der Waals surface area (Å²) < 4.78 is 13.1. The topological polar surface area (TPSA) is 55.1 Å². The van der Waals surface area contributed by atoms with Crippen molar-refractivity contribution >= 4 is 11.6 Å². The van der Waals surface area contributed by atoms with Gasteiger partial charge in [-0.2, -0.15) is 0 Å². The highest BCUT2D eigenvalue weighted by molar-refractivity contribution is 5.99. The molecule has 0 atom stereocenters. The monoisotopic (exact) mass is 234 g/mol. The van der Waals surface area contributed by atoms with Crippen LogP contribution >= 0.6 is 0 Å². The second kappa shape index (κ2) is 6.54. The summed E-state index contributed by atoms with van der Waals surface area (Å²) in [5, 5.41) is 2.67. The van der Waals surface area contributed by atoms with E-state index in [1.165, 1.54) is 18.2 Å². The molecule has 0 aliphatic heterocycles. The quantitative estimate of drug-likeness (QED) is 0.464. The van der Waals surface area contributed by atoms with Crippen LogP contribution in [-0.4, -0.2) is 12.5 Å². The van der Waals surface area contributed by atoms with Crippen molar-refractivity contribution in [3.05, 3.63) is 29.6 Å². The van der Waals surface area contributed by atoms with Gasteiger partial charge < -0.3 is 11.1 Å². The summed E-state index contributed by atoms with van der Waals surface area (Å²) in [6.07, 6.45) is 7.45. The van der Waals surface area contributed by atoms with E-state index in [0.29, 0.717) is 13.0 Å². The number of para-hydroxylation sites is 1. The Balaban J connectivity index is 2.48. The SMILES string of the molecule is C#CCCCCNC(=O)c1cccc(F)c1N. The minimum Gasteiger partial charge on any atom is -0.396 e. The normalized spacial score (nSPS) is 9.65. The largest absolute Gasteiger partial charge is 0.396 e. The molecule has 0 fully saturated rings. The van der Waals surface area contributed by atoms with E-state index in [1.807, 2.05) is 0 Å². The number of nitrogens with one attached hydrogen (secondary N) is 1. The molecule has 3 nitrogen and oxygen atoms in total. The van der Waals surface area contributed by atoms with Crippen LogP contribution < -0.4 is 11.1 Å². The van der Waals surface area contributed by atoms with Crippen LogP contribution in [0.5, 0.6) is 0 Å². The van der Waals surface area contributed by atoms with Crippen LogP contribution in [0.15, 0.2) is 18.2 Å². The number of nitrogen functional groups attached to an aromatic ring is 1. The highest BCUT2D eigenvalue weighted by atomic mass is 19.1. The van der Waals surface area contributed by atoms with Gasteiger partial charge in [-0.25, -0.2) is 4.39 Å². The second-order valence-electron chi connectivity index (χ2n) is 3.62. The van der Waals surface area contributed by atoms with Crippen molar-refractivity contribution in [2.24, 2.45) is 0 Å². The van der Waals surface area contributed by atoms with E-state index < -0.39 is 5.82 Å². The van der Waals surface area contributed by atoms with Crippen LogP contribution in [0.25, 0.3) is 0 Å². The maximum Gasteiger partial charge on any atom is 0.253 e. The van der Waals surface area contributed by atoms with E-state index in [-0.39, 0.29) is 17.2 Å². The number of halogens is 1. The number of nitrogens with two attached hydrogens (primary N) is 1. The summed E-state index contributed by atoms with van der Waals surface area (Å²) in [5.41, 5.74) is 5.52. The van der Waals surface area contributed by atoms with Crippen LogP contribution in [0.4, 0.5) is 10.1 Å². The summed E-state index contributed by atoms with van der Waals surface area (Å²) >= 11 is 0. The lowest BCUT2D eigenvalue weighted by Gasteiger charge is -2.07. The van der Waals surface area contributed by atoms with Crippen LogP contribution in [0.1, 0.15) is 29.6 Å². The molecule has 0 aromatic heterocycles. The molecule has 0 aliphatic carbocycles. The van der Waals surface area contributed by atoms with Crippen molar-refractivity contribution in [2.75, 3.05) is 12.3 Å².